The summed E-state index contributed by atoms with van der Waals surface area (Å²) in [5.74, 6) is -1.88. The largest absolute Gasteiger partial charge is 0.352 e. The molecule has 2 heterocycles. The van der Waals surface area contributed by atoms with Crippen molar-refractivity contribution in [3.8, 4) is 0 Å². The molecule has 0 bridgehead atoms. The summed E-state index contributed by atoms with van der Waals surface area (Å²) in [7, 11) is 0. The van der Waals surface area contributed by atoms with Crippen molar-refractivity contribution in [2.75, 3.05) is 11.4 Å². The van der Waals surface area contributed by atoms with Crippen LogP contribution in [0.1, 0.15) is 39.7 Å². The zero-order valence-electron chi connectivity index (χ0n) is 17.9. The first-order chi connectivity index (χ1) is 15.7. The van der Waals surface area contributed by atoms with E-state index in [2.05, 4.69) is 10.4 Å². The van der Waals surface area contributed by atoms with Gasteiger partial charge in [-0.15, -0.1) is 0 Å². The molecule has 1 aromatic heterocycles. The summed E-state index contributed by atoms with van der Waals surface area (Å²) in [5, 5.41) is 7.03. The lowest BCUT2D eigenvalue weighted by molar-refractivity contribution is -0.119. The van der Waals surface area contributed by atoms with E-state index in [0.717, 1.165) is 0 Å². The average Bonchev–Trinajstić information content (AvgIpc) is 3.09. The normalized spacial score (nSPS) is 13.3. The summed E-state index contributed by atoms with van der Waals surface area (Å²) in [4.78, 5) is 25.7. The van der Waals surface area contributed by atoms with Crippen molar-refractivity contribution in [3.63, 3.8) is 0 Å². The quantitative estimate of drug-likeness (QED) is 0.562. The van der Waals surface area contributed by atoms with Gasteiger partial charge in [-0.3, -0.25) is 9.59 Å². The first kappa shape index (κ1) is 23.2. The Morgan fingerprint density at radius 1 is 1.21 bits per heavy atom. The number of aromatic nitrogens is 2. The van der Waals surface area contributed by atoms with Crippen molar-refractivity contribution < 1.29 is 18.4 Å². The molecule has 4 rings (SSSR count). The van der Waals surface area contributed by atoms with Crippen LogP contribution in [-0.2, 0) is 24.3 Å². The zero-order chi connectivity index (χ0) is 23.9. The molecule has 2 aromatic carbocycles. The Labute approximate surface area is 199 Å². The van der Waals surface area contributed by atoms with Crippen molar-refractivity contribution in [1.82, 2.24) is 15.1 Å². The molecule has 2 amide bonds. The molecular weight excluding hydrogens is 473 g/mol. The first-order valence-electron chi connectivity index (χ1n) is 10.2. The molecule has 1 N–H and O–H groups in total. The Hall–Kier alpha value is -2.97. The number of carbonyl (C=O) groups excluding carboxylic acids is 2. The molecule has 172 valence electrons. The molecule has 10 heteroatoms. The minimum atomic E-state index is -0.743. The lowest BCUT2D eigenvalue weighted by Gasteiger charge is -2.27. The van der Waals surface area contributed by atoms with Crippen LogP contribution in [0.5, 0.6) is 0 Å². The number of hydrogen-bond donors (Lipinski definition) is 1. The zero-order valence-corrected chi connectivity index (χ0v) is 19.4. The highest BCUT2D eigenvalue weighted by molar-refractivity contribution is 6.32. The smallest absolute Gasteiger partial charge is 0.279 e. The van der Waals surface area contributed by atoms with Crippen molar-refractivity contribution in [3.05, 3.63) is 80.1 Å². The highest BCUT2D eigenvalue weighted by Gasteiger charge is 2.33. The number of benzene rings is 2. The van der Waals surface area contributed by atoms with Crippen molar-refractivity contribution >= 4 is 40.7 Å². The van der Waals surface area contributed by atoms with Crippen LogP contribution in [0.3, 0.4) is 0 Å². The van der Waals surface area contributed by atoms with E-state index in [1.165, 1.54) is 28.6 Å². The van der Waals surface area contributed by atoms with Crippen LogP contribution in [0.4, 0.5) is 14.5 Å². The number of anilines is 1. The maximum absolute atomic E-state index is 14.9. The van der Waals surface area contributed by atoms with Crippen LogP contribution < -0.4 is 10.2 Å². The first-order valence-corrected chi connectivity index (χ1v) is 11.0. The van der Waals surface area contributed by atoms with Gasteiger partial charge in [-0.05, 0) is 36.6 Å². The van der Waals surface area contributed by atoms with E-state index < -0.39 is 11.7 Å². The fourth-order valence-corrected chi connectivity index (χ4v) is 4.32. The Kier molecular flexibility index (Phi) is 6.41. The number of nitrogens with one attached hydrogen (secondary N) is 1. The Morgan fingerprint density at radius 3 is 2.70 bits per heavy atom. The van der Waals surface area contributed by atoms with Gasteiger partial charge in [0.15, 0.2) is 11.5 Å². The molecule has 0 fully saturated rings. The van der Waals surface area contributed by atoms with Gasteiger partial charge in [-0.2, -0.15) is 5.10 Å². The highest BCUT2D eigenvalue weighted by Crippen LogP contribution is 2.33. The van der Waals surface area contributed by atoms with Crippen LogP contribution in [0, 0.1) is 18.6 Å². The Bertz CT molecular complexity index is 1280. The number of amides is 2. The van der Waals surface area contributed by atoms with Crippen molar-refractivity contribution in [1.29, 1.82) is 0 Å². The molecule has 0 saturated heterocycles. The Balaban J connectivity index is 1.66. The van der Waals surface area contributed by atoms with E-state index in [4.69, 9.17) is 23.2 Å². The molecule has 0 unspecified atom stereocenters. The van der Waals surface area contributed by atoms with E-state index >= 15 is 0 Å². The fraction of sp³-hybridized carbons (Fsp3) is 0.261. The van der Waals surface area contributed by atoms with Gasteiger partial charge < -0.3 is 10.2 Å². The second-order valence-electron chi connectivity index (χ2n) is 7.85. The standard InChI is InChI=1S/C23H20Cl2F2N4O2/c1-12-4-3-5-15(19(12)26)11-31-22(25)16-6-7-30(23(33)21(16)29-31)18-9-14(10-28-13(2)32)8-17(24)20(18)27/h3-5,8-9H,6-7,10-11H2,1-2H3,(H,28,32). The summed E-state index contributed by atoms with van der Waals surface area (Å²) >= 11 is 12.5. The van der Waals surface area contributed by atoms with Crippen LogP contribution in [0.2, 0.25) is 10.2 Å². The topological polar surface area (TPSA) is 67.2 Å². The predicted molar refractivity (Wildman–Crippen MR) is 122 cm³/mol. The van der Waals surface area contributed by atoms with E-state index in [9.17, 15) is 18.4 Å². The second kappa shape index (κ2) is 9.11. The van der Waals surface area contributed by atoms with Crippen molar-refractivity contribution in [2.24, 2.45) is 0 Å². The summed E-state index contributed by atoms with van der Waals surface area (Å²) in [6.07, 6.45) is 0.336. The maximum Gasteiger partial charge on any atom is 0.279 e. The van der Waals surface area contributed by atoms with E-state index in [-0.39, 0.29) is 52.9 Å². The predicted octanol–water partition coefficient (Wildman–Crippen LogP) is 4.66. The van der Waals surface area contributed by atoms with Crippen LogP contribution >= 0.6 is 23.2 Å². The summed E-state index contributed by atoms with van der Waals surface area (Å²) in [5.41, 5.74) is 2.05. The van der Waals surface area contributed by atoms with E-state index in [0.29, 0.717) is 28.7 Å². The van der Waals surface area contributed by atoms with Crippen LogP contribution in [0.15, 0.2) is 30.3 Å². The minimum Gasteiger partial charge on any atom is -0.352 e. The van der Waals surface area contributed by atoms with Gasteiger partial charge in [0, 0.05) is 31.1 Å². The molecule has 0 aliphatic carbocycles. The highest BCUT2D eigenvalue weighted by atomic mass is 35.5. The summed E-state index contributed by atoms with van der Waals surface area (Å²) in [6, 6.07) is 7.90. The number of aryl methyl sites for hydroxylation is 1. The second-order valence-corrected chi connectivity index (χ2v) is 8.62. The van der Waals surface area contributed by atoms with Gasteiger partial charge in [0.05, 0.1) is 17.3 Å². The maximum atomic E-state index is 14.9. The van der Waals surface area contributed by atoms with Gasteiger partial charge in [0.2, 0.25) is 5.91 Å². The van der Waals surface area contributed by atoms with Gasteiger partial charge in [0.1, 0.15) is 11.0 Å². The lowest BCUT2D eigenvalue weighted by Crippen LogP contribution is -2.38. The van der Waals surface area contributed by atoms with E-state index in [1.807, 2.05) is 0 Å². The van der Waals surface area contributed by atoms with Crippen LogP contribution in [-0.4, -0.2) is 28.1 Å². The van der Waals surface area contributed by atoms with Gasteiger partial charge >= 0.3 is 0 Å². The average molecular weight is 493 g/mol. The lowest BCUT2D eigenvalue weighted by atomic mass is 10.1. The van der Waals surface area contributed by atoms with Gasteiger partial charge in [-0.1, -0.05) is 41.4 Å². The van der Waals surface area contributed by atoms with Gasteiger partial charge in [-0.25, -0.2) is 13.5 Å². The molecule has 1 aliphatic rings. The SMILES string of the molecule is CC(=O)NCc1cc(Cl)c(F)c(N2CCc3c(nn(Cc4cccc(C)c4F)c3Cl)C2=O)c1. The molecule has 0 saturated carbocycles. The minimum absolute atomic E-state index is 0.00565. The number of fused-ring (bicyclic) bond motifs is 1. The monoisotopic (exact) mass is 492 g/mol. The molecule has 0 atom stereocenters. The molecule has 33 heavy (non-hydrogen) atoms. The molecular formula is C23H20Cl2F2N4O2. The molecule has 3 aromatic rings. The van der Waals surface area contributed by atoms with Gasteiger partial charge in [0.25, 0.3) is 5.91 Å². The third-order valence-electron chi connectivity index (χ3n) is 5.51. The number of nitrogens with zero attached hydrogens (tertiary/aromatic N) is 3. The third kappa shape index (κ3) is 4.45. The number of rotatable bonds is 5. The van der Waals surface area contributed by atoms with Crippen LogP contribution in [0.25, 0.3) is 0 Å². The number of carbonyl (C=O) groups is 2. The molecule has 1 aliphatic heterocycles. The Morgan fingerprint density at radius 2 is 1.97 bits per heavy atom. The molecule has 0 radical (unpaired) electrons. The fourth-order valence-electron chi connectivity index (χ4n) is 3.81. The number of halogens is 4. The summed E-state index contributed by atoms with van der Waals surface area (Å²) < 4.78 is 30.7. The van der Waals surface area contributed by atoms with Crippen molar-refractivity contribution in [2.45, 2.75) is 33.4 Å². The number of hydrogen-bond acceptors (Lipinski definition) is 3. The summed E-state index contributed by atoms with van der Waals surface area (Å²) in [6.45, 7) is 3.38. The van der Waals surface area contributed by atoms with E-state index in [1.54, 1.807) is 25.1 Å². The molecule has 6 nitrogen and oxygen atoms in total. The molecule has 0 spiro atoms. The third-order valence-corrected chi connectivity index (χ3v) is 6.21.